The third-order valence-corrected chi connectivity index (χ3v) is 4.85. The predicted octanol–water partition coefficient (Wildman–Crippen LogP) is 5.86. The van der Waals surface area contributed by atoms with Crippen LogP contribution in [0.1, 0.15) is 16.2 Å². The Kier molecular flexibility index (Phi) is 5.67. The fourth-order valence-electron chi connectivity index (χ4n) is 3.27. The van der Waals surface area contributed by atoms with E-state index in [2.05, 4.69) is 10.3 Å². The van der Waals surface area contributed by atoms with Gasteiger partial charge in [-0.15, -0.1) is 0 Å². The van der Waals surface area contributed by atoms with Crippen LogP contribution in [0.2, 0.25) is 0 Å². The van der Waals surface area contributed by atoms with Crippen LogP contribution in [-0.2, 0) is 6.18 Å². The minimum Gasteiger partial charge on any atom is -0.497 e. The molecule has 176 valence electrons. The topological polar surface area (TPSA) is 56.1 Å². The summed E-state index contributed by atoms with van der Waals surface area (Å²) in [5, 5.41) is 2.14. The molecular weight excluding hydrogens is 471 g/mol. The molecule has 1 aromatic heterocycles. The summed E-state index contributed by atoms with van der Waals surface area (Å²) in [5.41, 5.74) is -0.931. The van der Waals surface area contributed by atoms with Gasteiger partial charge in [0.2, 0.25) is 5.82 Å². The van der Waals surface area contributed by atoms with Crippen molar-refractivity contribution >= 4 is 22.6 Å². The van der Waals surface area contributed by atoms with Crippen molar-refractivity contribution in [2.45, 2.75) is 6.18 Å². The zero-order valence-corrected chi connectivity index (χ0v) is 17.0. The van der Waals surface area contributed by atoms with E-state index in [0.717, 1.165) is 4.57 Å². The third-order valence-electron chi connectivity index (χ3n) is 4.85. The Bertz CT molecular complexity index is 1410. The van der Waals surface area contributed by atoms with Crippen molar-refractivity contribution in [2.75, 3.05) is 12.4 Å². The lowest BCUT2D eigenvalue weighted by Gasteiger charge is -2.13. The van der Waals surface area contributed by atoms with Crippen molar-refractivity contribution < 1.29 is 40.3 Å². The van der Waals surface area contributed by atoms with Gasteiger partial charge in [0, 0.05) is 17.4 Å². The molecule has 34 heavy (non-hydrogen) atoms. The van der Waals surface area contributed by atoms with Gasteiger partial charge in [0.15, 0.2) is 23.3 Å². The lowest BCUT2D eigenvalue weighted by molar-refractivity contribution is -0.145. The second-order valence-electron chi connectivity index (χ2n) is 6.97. The molecule has 1 heterocycles. The van der Waals surface area contributed by atoms with Gasteiger partial charge in [-0.2, -0.15) is 13.2 Å². The smallest absolute Gasteiger partial charge is 0.450 e. The average molecular weight is 483 g/mol. The summed E-state index contributed by atoms with van der Waals surface area (Å²) in [4.78, 5) is 15.9. The number of hydrogen-bond donors (Lipinski definition) is 1. The van der Waals surface area contributed by atoms with Gasteiger partial charge in [0.1, 0.15) is 5.75 Å². The molecule has 1 N–H and O–H groups in total. The fourth-order valence-corrected chi connectivity index (χ4v) is 3.27. The van der Waals surface area contributed by atoms with Gasteiger partial charge in [-0.25, -0.2) is 22.5 Å². The number of carbonyl (C=O) groups excluding carboxylic acids is 1. The average Bonchev–Trinajstić information content (AvgIpc) is 3.19. The van der Waals surface area contributed by atoms with Gasteiger partial charge in [0.05, 0.1) is 23.7 Å². The van der Waals surface area contributed by atoms with Crippen molar-refractivity contribution in [3.8, 4) is 11.4 Å². The Morgan fingerprint density at radius 2 is 1.62 bits per heavy atom. The Hall–Kier alpha value is -4.09. The number of ether oxygens (including phenoxy) is 1. The molecule has 1 amide bonds. The molecular formula is C22H12F7N3O2. The van der Waals surface area contributed by atoms with Crippen LogP contribution < -0.4 is 10.1 Å². The summed E-state index contributed by atoms with van der Waals surface area (Å²) < 4.78 is 100. The minimum atomic E-state index is -4.80. The molecule has 0 aliphatic rings. The molecule has 0 unspecified atom stereocenters. The highest BCUT2D eigenvalue weighted by Crippen LogP contribution is 2.35. The van der Waals surface area contributed by atoms with Gasteiger partial charge in [-0.05, 0) is 42.5 Å². The third kappa shape index (κ3) is 4.02. The quantitative estimate of drug-likeness (QED) is 0.225. The molecule has 3 aromatic carbocycles. The van der Waals surface area contributed by atoms with Gasteiger partial charge < -0.3 is 10.1 Å². The number of halogens is 7. The second-order valence-corrected chi connectivity index (χ2v) is 6.97. The number of aromatic nitrogens is 2. The van der Waals surface area contributed by atoms with Crippen LogP contribution in [0.4, 0.5) is 36.4 Å². The molecule has 0 atom stereocenters. The largest absolute Gasteiger partial charge is 0.497 e. The number of nitrogens with one attached hydrogen (secondary N) is 1. The zero-order valence-electron chi connectivity index (χ0n) is 17.0. The number of rotatable bonds is 4. The molecule has 0 bridgehead atoms. The second kappa shape index (κ2) is 8.36. The maximum atomic E-state index is 13.8. The molecule has 4 rings (SSSR count). The maximum Gasteiger partial charge on any atom is 0.450 e. The van der Waals surface area contributed by atoms with Crippen molar-refractivity contribution in [2.24, 2.45) is 0 Å². The van der Waals surface area contributed by atoms with E-state index < -0.39 is 46.7 Å². The summed E-state index contributed by atoms with van der Waals surface area (Å²) in [6.07, 6.45) is -4.80. The van der Waals surface area contributed by atoms with Crippen LogP contribution >= 0.6 is 0 Å². The number of methoxy groups -OCH3 is 1. The summed E-state index contributed by atoms with van der Waals surface area (Å²) in [7, 11) is 1.36. The van der Waals surface area contributed by atoms with E-state index in [-0.39, 0.29) is 28.5 Å². The SMILES string of the molecule is COc1ccc2c(c1)nc(C(F)(F)F)n2-c1ccc(NC(=O)c2cc(F)c(F)c(F)c2F)cc1. The molecule has 12 heteroatoms. The highest BCUT2D eigenvalue weighted by atomic mass is 19.4. The normalized spacial score (nSPS) is 11.6. The van der Waals surface area contributed by atoms with Gasteiger partial charge >= 0.3 is 6.18 Å². The zero-order chi connectivity index (χ0) is 24.8. The number of fused-ring (bicyclic) bond motifs is 1. The molecule has 5 nitrogen and oxygen atoms in total. The van der Waals surface area contributed by atoms with Crippen LogP contribution in [0.3, 0.4) is 0 Å². The standard InChI is InChI=1S/C22H12F7N3O2/c1-34-12-6-7-16-15(8-12)31-21(22(27,28)29)32(16)11-4-2-10(3-5-11)30-20(33)13-9-14(23)18(25)19(26)17(13)24/h2-9H,1H3,(H,30,33). The van der Waals surface area contributed by atoms with Crippen LogP contribution in [0.15, 0.2) is 48.5 Å². The summed E-state index contributed by atoms with van der Waals surface area (Å²) in [5.74, 6) is -10.0. The van der Waals surface area contributed by atoms with Crippen LogP contribution in [0, 0.1) is 23.3 Å². The van der Waals surface area contributed by atoms with Gasteiger partial charge in [-0.3, -0.25) is 9.36 Å². The van der Waals surface area contributed by atoms with Crippen LogP contribution in [0.5, 0.6) is 5.75 Å². The summed E-state index contributed by atoms with van der Waals surface area (Å²) in [6, 6.07) is 9.21. The number of carbonyl (C=O) groups is 1. The van der Waals surface area contributed by atoms with E-state index in [9.17, 15) is 35.5 Å². The van der Waals surface area contributed by atoms with E-state index in [1.165, 1.54) is 49.6 Å². The van der Waals surface area contributed by atoms with Crippen molar-refractivity contribution in [3.05, 3.63) is 83.2 Å². The van der Waals surface area contributed by atoms with E-state index in [1.807, 2.05) is 0 Å². The van der Waals surface area contributed by atoms with Crippen LogP contribution in [-0.4, -0.2) is 22.6 Å². The molecule has 0 aliphatic heterocycles. The number of amides is 1. The lowest BCUT2D eigenvalue weighted by Crippen LogP contribution is -2.16. The molecule has 0 spiro atoms. The Labute approximate surface area is 186 Å². The van der Waals surface area contributed by atoms with E-state index in [1.54, 1.807) is 0 Å². The minimum absolute atomic E-state index is 0.0277. The number of imidazole rings is 1. The van der Waals surface area contributed by atoms with Crippen LogP contribution in [0.25, 0.3) is 16.7 Å². The molecule has 0 radical (unpaired) electrons. The number of benzene rings is 3. The number of anilines is 1. The van der Waals surface area contributed by atoms with Crippen molar-refractivity contribution in [1.29, 1.82) is 0 Å². The number of nitrogens with zero attached hydrogens (tertiary/aromatic N) is 2. The Morgan fingerprint density at radius 3 is 2.24 bits per heavy atom. The van der Waals surface area contributed by atoms with Crippen molar-refractivity contribution in [3.63, 3.8) is 0 Å². The molecule has 0 saturated heterocycles. The molecule has 4 aromatic rings. The maximum absolute atomic E-state index is 13.8. The first-order valence-electron chi connectivity index (χ1n) is 9.39. The summed E-state index contributed by atoms with van der Waals surface area (Å²) >= 11 is 0. The van der Waals surface area contributed by atoms with Gasteiger partial charge in [0.25, 0.3) is 5.91 Å². The first-order valence-corrected chi connectivity index (χ1v) is 9.39. The van der Waals surface area contributed by atoms with E-state index in [0.29, 0.717) is 5.75 Å². The van der Waals surface area contributed by atoms with E-state index in [4.69, 9.17) is 4.74 Å². The molecule has 0 aliphatic carbocycles. The lowest BCUT2D eigenvalue weighted by atomic mass is 10.1. The Balaban J connectivity index is 1.69. The Morgan fingerprint density at radius 1 is 0.941 bits per heavy atom. The van der Waals surface area contributed by atoms with Gasteiger partial charge in [-0.1, -0.05) is 0 Å². The van der Waals surface area contributed by atoms with E-state index >= 15 is 0 Å². The molecule has 0 fully saturated rings. The highest BCUT2D eigenvalue weighted by Gasteiger charge is 2.38. The first-order chi connectivity index (χ1) is 16.0. The first kappa shape index (κ1) is 23.1. The predicted molar refractivity (Wildman–Crippen MR) is 107 cm³/mol. The monoisotopic (exact) mass is 483 g/mol. The van der Waals surface area contributed by atoms with Crippen molar-refractivity contribution in [1.82, 2.24) is 9.55 Å². The number of hydrogen-bond acceptors (Lipinski definition) is 3. The highest BCUT2D eigenvalue weighted by molar-refractivity contribution is 6.04. The fraction of sp³-hybridized carbons (Fsp3) is 0.0909. The summed E-state index contributed by atoms with van der Waals surface area (Å²) in [6.45, 7) is 0. The number of alkyl halides is 3. The molecule has 0 saturated carbocycles.